The molecule has 1 heterocycles. The second-order valence-corrected chi connectivity index (χ2v) is 6.08. The molecule has 1 unspecified atom stereocenters. The number of hydrazone groups is 1. The number of benzene rings is 2. The molecule has 23 heavy (non-hydrogen) atoms. The molecule has 0 saturated carbocycles. The lowest BCUT2D eigenvalue weighted by atomic mass is 10.0. The Hall–Kier alpha value is -2.04. The summed E-state index contributed by atoms with van der Waals surface area (Å²) in [5, 5.41) is 7.49. The van der Waals surface area contributed by atoms with Gasteiger partial charge in [-0.25, -0.2) is 0 Å². The van der Waals surface area contributed by atoms with Crippen molar-refractivity contribution < 1.29 is 4.74 Å². The van der Waals surface area contributed by atoms with Gasteiger partial charge < -0.3 is 10.5 Å². The van der Waals surface area contributed by atoms with Crippen LogP contribution < -0.4 is 15.5 Å². The van der Waals surface area contributed by atoms with Crippen molar-refractivity contribution in [1.29, 1.82) is 0 Å². The fraction of sp³-hybridized carbons (Fsp3) is 0.278. The van der Waals surface area contributed by atoms with Crippen LogP contribution in [0.25, 0.3) is 0 Å². The van der Waals surface area contributed by atoms with Gasteiger partial charge in [-0.1, -0.05) is 23.7 Å². The Morgan fingerprint density at radius 2 is 2.13 bits per heavy atom. The van der Waals surface area contributed by atoms with E-state index in [4.69, 9.17) is 27.2 Å². The Morgan fingerprint density at radius 1 is 1.30 bits per heavy atom. The van der Waals surface area contributed by atoms with Gasteiger partial charge in [-0.2, -0.15) is 5.10 Å². The molecule has 0 aliphatic carbocycles. The van der Waals surface area contributed by atoms with Gasteiger partial charge in [0.15, 0.2) is 0 Å². The molecule has 0 amide bonds. The summed E-state index contributed by atoms with van der Waals surface area (Å²) in [6.45, 7) is 2.50. The number of hydrogen-bond donors (Lipinski definition) is 1. The number of methoxy groups -OCH3 is 1. The van der Waals surface area contributed by atoms with Crippen LogP contribution in [0.2, 0.25) is 5.02 Å². The zero-order valence-corrected chi connectivity index (χ0v) is 14.0. The predicted octanol–water partition coefficient (Wildman–Crippen LogP) is 3.92. The molecule has 2 aromatic carbocycles. The molecule has 1 atom stereocenters. The smallest absolute Gasteiger partial charge is 0.119 e. The maximum Gasteiger partial charge on any atom is 0.119 e. The molecule has 0 saturated heterocycles. The van der Waals surface area contributed by atoms with Gasteiger partial charge in [0.1, 0.15) is 5.75 Å². The molecule has 0 radical (unpaired) electrons. The van der Waals surface area contributed by atoms with Crippen LogP contribution in [-0.2, 0) is 0 Å². The van der Waals surface area contributed by atoms with Crippen LogP contribution in [0.3, 0.4) is 0 Å². The lowest BCUT2D eigenvalue weighted by Crippen LogP contribution is -2.19. The summed E-state index contributed by atoms with van der Waals surface area (Å²) in [7, 11) is 1.68. The van der Waals surface area contributed by atoms with Gasteiger partial charge >= 0.3 is 0 Å². The second kappa shape index (κ2) is 6.60. The van der Waals surface area contributed by atoms with Crippen molar-refractivity contribution in [2.45, 2.75) is 19.4 Å². The summed E-state index contributed by atoms with van der Waals surface area (Å²) in [4.78, 5) is 0. The number of nitrogens with two attached hydrogens (primary N) is 1. The maximum atomic E-state index is 6.08. The lowest BCUT2D eigenvalue weighted by molar-refractivity contribution is 0.414. The molecule has 1 aliphatic heterocycles. The summed E-state index contributed by atoms with van der Waals surface area (Å²) in [5.74, 6) is 0.844. The fourth-order valence-electron chi connectivity index (χ4n) is 2.90. The fourth-order valence-corrected chi connectivity index (χ4v) is 3.13. The van der Waals surface area contributed by atoms with Crippen molar-refractivity contribution in [1.82, 2.24) is 0 Å². The van der Waals surface area contributed by atoms with E-state index in [9.17, 15) is 0 Å². The van der Waals surface area contributed by atoms with E-state index in [0.29, 0.717) is 6.54 Å². The van der Waals surface area contributed by atoms with E-state index < -0.39 is 0 Å². The highest BCUT2D eigenvalue weighted by atomic mass is 35.5. The molecule has 2 N–H and O–H groups in total. The first-order valence-electron chi connectivity index (χ1n) is 7.58. The third-order valence-corrected chi connectivity index (χ3v) is 4.33. The van der Waals surface area contributed by atoms with E-state index in [0.717, 1.165) is 39.7 Å². The Bertz CT molecular complexity index is 745. The van der Waals surface area contributed by atoms with E-state index in [-0.39, 0.29) is 6.04 Å². The number of nitrogens with zero attached hydrogens (tertiary/aromatic N) is 2. The molecule has 0 aromatic heterocycles. The monoisotopic (exact) mass is 329 g/mol. The average molecular weight is 330 g/mol. The molecule has 4 nitrogen and oxygen atoms in total. The Balaban J connectivity index is 2.01. The number of halogens is 1. The van der Waals surface area contributed by atoms with Crippen LogP contribution >= 0.6 is 11.6 Å². The molecule has 5 heteroatoms. The van der Waals surface area contributed by atoms with Crippen LogP contribution in [-0.4, -0.2) is 19.4 Å². The first-order valence-corrected chi connectivity index (χ1v) is 7.96. The van der Waals surface area contributed by atoms with Crippen molar-refractivity contribution in [2.75, 3.05) is 18.7 Å². The van der Waals surface area contributed by atoms with Gasteiger partial charge in [-0.05, 0) is 48.4 Å². The van der Waals surface area contributed by atoms with Gasteiger partial charge in [0.25, 0.3) is 0 Å². The van der Waals surface area contributed by atoms with E-state index >= 15 is 0 Å². The number of hydrogen-bond acceptors (Lipinski definition) is 4. The van der Waals surface area contributed by atoms with Gasteiger partial charge in [0, 0.05) is 18.0 Å². The van der Waals surface area contributed by atoms with Crippen LogP contribution in [0.15, 0.2) is 47.6 Å². The molecule has 0 bridgehead atoms. The third kappa shape index (κ3) is 3.19. The van der Waals surface area contributed by atoms with Gasteiger partial charge in [-0.15, -0.1) is 0 Å². The number of ether oxygens (including phenoxy) is 1. The van der Waals surface area contributed by atoms with Crippen molar-refractivity contribution in [3.05, 3.63) is 58.6 Å². The Labute approximate surface area is 141 Å². The highest BCUT2D eigenvalue weighted by Gasteiger charge is 2.29. The minimum atomic E-state index is 0.114. The zero-order chi connectivity index (χ0) is 16.4. The first kappa shape index (κ1) is 15.8. The van der Waals surface area contributed by atoms with Crippen LogP contribution in [0, 0.1) is 6.92 Å². The lowest BCUT2D eigenvalue weighted by Gasteiger charge is -2.26. The number of rotatable bonds is 4. The van der Waals surface area contributed by atoms with E-state index in [2.05, 4.69) is 12.1 Å². The summed E-state index contributed by atoms with van der Waals surface area (Å²) in [6.07, 6.45) is 0.811. The van der Waals surface area contributed by atoms with Gasteiger partial charge in [0.2, 0.25) is 0 Å². The topological polar surface area (TPSA) is 50.9 Å². The summed E-state index contributed by atoms with van der Waals surface area (Å²) < 4.78 is 5.35. The molecule has 120 valence electrons. The van der Waals surface area contributed by atoms with Crippen LogP contribution in [0.5, 0.6) is 5.75 Å². The highest BCUT2D eigenvalue weighted by Crippen LogP contribution is 2.38. The summed E-state index contributed by atoms with van der Waals surface area (Å²) in [5.41, 5.74) is 10.1. The average Bonchev–Trinajstić information content (AvgIpc) is 2.99. The van der Waals surface area contributed by atoms with Crippen LogP contribution in [0.4, 0.5) is 5.69 Å². The molecular weight excluding hydrogens is 310 g/mol. The Kier molecular flexibility index (Phi) is 4.55. The van der Waals surface area contributed by atoms with Crippen molar-refractivity contribution in [3.63, 3.8) is 0 Å². The standard InChI is InChI=1S/C18H20ClN3O/c1-12-8-14(19)6-7-17(12)22-18(10-15(11-20)21-22)13-4-3-5-16(9-13)23-2/h3-9,18H,10-11,20H2,1-2H3. The zero-order valence-electron chi connectivity index (χ0n) is 13.3. The summed E-state index contributed by atoms with van der Waals surface area (Å²) in [6, 6.07) is 14.1. The number of anilines is 1. The van der Waals surface area contributed by atoms with Gasteiger partial charge in [-0.3, -0.25) is 5.01 Å². The molecule has 3 rings (SSSR count). The van der Waals surface area contributed by atoms with E-state index in [1.54, 1.807) is 7.11 Å². The van der Waals surface area contributed by atoms with Crippen molar-refractivity contribution in [3.8, 4) is 5.75 Å². The minimum absolute atomic E-state index is 0.114. The van der Waals surface area contributed by atoms with Crippen LogP contribution in [0.1, 0.15) is 23.6 Å². The molecule has 2 aromatic rings. The normalized spacial score (nSPS) is 17.3. The highest BCUT2D eigenvalue weighted by molar-refractivity contribution is 6.30. The van der Waals surface area contributed by atoms with E-state index in [1.807, 2.05) is 42.3 Å². The third-order valence-electron chi connectivity index (χ3n) is 4.09. The largest absolute Gasteiger partial charge is 0.497 e. The number of aryl methyl sites for hydroxylation is 1. The first-order chi connectivity index (χ1) is 11.1. The molecule has 0 fully saturated rings. The summed E-state index contributed by atoms with van der Waals surface area (Å²) >= 11 is 6.08. The maximum absolute atomic E-state index is 6.08. The minimum Gasteiger partial charge on any atom is -0.497 e. The SMILES string of the molecule is COc1cccc(C2CC(CN)=NN2c2ccc(Cl)cc2C)c1. The molecular formula is C18H20ClN3O. The molecule has 1 aliphatic rings. The van der Waals surface area contributed by atoms with E-state index in [1.165, 1.54) is 0 Å². The quantitative estimate of drug-likeness (QED) is 0.924. The predicted molar refractivity (Wildman–Crippen MR) is 95.5 cm³/mol. The molecule has 0 spiro atoms. The van der Waals surface area contributed by atoms with Crippen molar-refractivity contribution >= 4 is 23.0 Å². The second-order valence-electron chi connectivity index (χ2n) is 5.64. The Morgan fingerprint density at radius 3 is 2.83 bits per heavy atom. The van der Waals surface area contributed by atoms with Gasteiger partial charge in [0.05, 0.1) is 24.6 Å². The van der Waals surface area contributed by atoms with Crippen molar-refractivity contribution in [2.24, 2.45) is 10.8 Å².